The van der Waals surface area contributed by atoms with Crippen LogP contribution in [0.4, 0.5) is 0 Å². The summed E-state index contributed by atoms with van der Waals surface area (Å²) < 4.78 is 4.83. The van der Waals surface area contributed by atoms with Crippen LogP contribution in [-0.4, -0.2) is 10.0 Å². The van der Waals surface area contributed by atoms with Gasteiger partial charge in [0.1, 0.15) is 0 Å². The molecule has 0 aliphatic rings. The number of nitrogens with zero attached hydrogens (tertiary/aromatic N) is 2. The molecular formula is C25H29BrN2O. The van der Waals surface area contributed by atoms with Crippen LogP contribution in [0.3, 0.4) is 0 Å². The van der Waals surface area contributed by atoms with Crippen molar-refractivity contribution >= 4 is 11.0 Å². The Morgan fingerprint density at radius 1 is 0.655 bits per heavy atom. The van der Waals surface area contributed by atoms with E-state index < -0.39 is 0 Å². The second-order valence-corrected chi connectivity index (χ2v) is 7.17. The van der Waals surface area contributed by atoms with Crippen molar-refractivity contribution in [3.63, 3.8) is 0 Å². The van der Waals surface area contributed by atoms with Crippen LogP contribution in [0.25, 0.3) is 11.0 Å². The highest BCUT2D eigenvalue weighted by molar-refractivity contribution is 5.71. The Balaban J connectivity index is 0.00000150. The van der Waals surface area contributed by atoms with Crippen LogP contribution in [0.15, 0.2) is 91.3 Å². The lowest BCUT2D eigenvalue weighted by atomic mass is 10.1. The Morgan fingerprint density at radius 3 is 1.86 bits per heavy atom. The quantitative estimate of drug-likeness (QED) is 0.362. The monoisotopic (exact) mass is 452 g/mol. The number of fused-ring (bicyclic) bond motifs is 1. The summed E-state index contributed by atoms with van der Waals surface area (Å²) in [6, 6.07) is 30.3. The summed E-state index contributed by atoms with van der Waals surface area (Å²) in [5.41, 5.74) is 5.52. The van der Waals surface area contributed by atoms with Gasteiger partial charge in [0.15, 0.2) is 11.0 Å². The van der Waals surface area contributed by atoms with Crippen molar-refractivity contribution in [1.29, 1.82) is 0 Å². The van der Waals surface area contributed by atoms with Crippen LogP contribution < -0.4 is 21.5 Å². The molecule has 3 nitrogen and oxygen atoms in total. The molecule has 0 fully saturated rings. The van der Waals surface area contributed by atoms with Crippen LogP contribution in [0.1, 0.15) is 24.0 Å². The van der Waals surface area contributed by atoms with E-state index in [1.165, 1.54) is 22.2 Å². The number of hydrogen-bond acceptors (Lipinski definition) is 0. The zero-order chi connectivity index (χ0) is 18.3. The Labute approximate surface area is 183 Å². The molecule has 1 aromatic heterocycles. The van der Waals surface area contributed by atoms with Crippen LogP contribution in [0.2, 0.25) is 0 Å². The summed E-state index contributed by atoms with van der Waals surface area (Å²) in [5, 5.41) is 0. The van der Waals surface area contributed by atoms with E-state index in [4.69, 9.17) is 0 Å². The van der Waals surface area contributed by atoms with Gasteiger partial charge in [-0.2, -0.15) is 0 Å². The molecule has 4 rings (SSSR count). The maximum Gasteiger partial charge on any atom is 0.244 e. The maximum atomic E-state index is 2.42. The second kappa shape index (κ2) is 11.5. The van der Waals surface area contributed by atoms with E-state index in [1.54, 1.807) is 0 Å². The molecule has 0 bridgehead atoms. The number of rotatable bonds is 8. The van der Waals surface area contributed by atoms with Crippen molar-refractivity contribution in [2.45, 2.75) is 38.8 Å². The molecule has 0 aliphatic heterocycles. The molecule has 3 aromatic carbocycles. The van der Waals surface area contributed by atoms with Gasteiger partial charge in [0, 0.05) is 0 Å². The van der Waals surface area contributed by atoms with Gasteiger partial charge in [-0.15, -0.1) is 0 Å². The summed E-state index contributed by atoms with van der Waals surface area (Å²) >= 11 is 0. The lowest BCUT2D eigenvalue weighted by Crippen LogP contribution is -3.00. The van der Waals surface area contributed by atoms with Gasteiger partial charge in [-0.25, -0.2) is 9.13 Å². The molecule has 4 aromatic rings. The normalized spacial score (nSPS) is 10.3. The predicted molar refractivity (Wildman–Crippen MR) is 115 cm³/mol. The van der Waals surface area contributed by atoms with E-state index in [-0.39, 0.29) is 22.5 Å². The summed E-state index contributed by atoms with van der Waals surface area (Å²) in [6.07, 6.45) is 6.88. The minimum Gasteiger partial charge on any atom is -1.00 e. The highest BCUT2D eigenvalue weighted by atomic mass is 79.9. The third kappa shape index (κ3) is 6.02. The van der Waals surface area contributed by atoms with Gasteiger partial charge in [-0.05, 0) is 48.9 Å². The minimum absolute atomic E-state index is 0. The first kappa shape index (κ1) is 22.9. The summed E-state index contributed by atoms with van der Waals surface area (Å²) in [7, 11) is 0. The zero-order valence-electron chi connectivity index (χ0n) is 16.7. The third-order valence-corrected chi connectivity index (χ3v) is 5.19. The fourth-order valence-corrected chi connectivity index (χ4v) is 3.80. The van der Waals surface area contributed by atoms with E-state index in [2.05, 4.69) is 100 Å². The topological polar surface area (TPSA) is 40.3 Å². The first-order valence-electron chi connectivity index (χ1n) is 9.95. The Morgan fingerprint density at radius 2 is 1.21 bits per heavy atom. The number of imidazole rings is 1. The molecule has 0 aliphatic carbocycles. The van der Waals surface area contributed by atoms with Gasteiger partial charge in [0.05, 0.1) is 13.1 Å². The van der Waals surface area contributed by atoms with Gasteiger partial charge in [-0.3, -0.25) is 0 Å². The smallest absolute Gasteiger partial charge is 0.244 e. The first-order chi connectivity index (χ1) is 13.4. The van der Waals surface area contributed by atoms with Gasteiger partial charge >= 0.3 is 0 Å². The summed E-state index contributed by atoms with van der Waals surface area (Å²) in [5.74, 6) is 0. The van der Waals surface area contributed by atoms with Crippen molar-refractivity contribution in [2.75, 3.05) is 0 Å². The molecule has 1 heterocycles. The fraction of sp³-hybridized carbons (Fsp3) is 0.240. The number of hydrogen-bond donors (Lipinski definition) is 0. The van der Waals surface area contributed by atoms with E-state index in [1.807, 2.05) is 0 Å². The molecule has 0 saturated heterocycles. The molecular weight excluding hydrogens is 424 g/mol. The van der Waals surface area contributed by atoms with Crippen molar-refractivity contribution in [3.05, 3.63) is 102 Å². The van der Waals surface area contributed by atoms with Crippen LogP contribution in [0, 0.1) is 0 Å². The van der Waals surface area contributed by atoms with Crippen LogP contribution >= 0.6 is 0 Å². The molecule has 0 saturated carbocycles. The van der Waals surface area contributed by atoms with Gasteiger partial charge in [0.2, 0.25) is 6.33 Å². The van der Waals surface area contributed by atoms with Crippen molar-refractivity contribution in [2.24, 2.45) is 0 Å². The predicted octanol–water partition coefficient (Wildman–Crippen LogP) is 1.37. The Hall–Kier alpha value is -2.43. The van der Waals surface area contributed by atoms with E-state index in [0.717, 1.165) is 38.8 Å². The van der Waals surface area contributed by atoms with Crippen molar-refractivity contribution < 1.29 is 27.0 Å². The highest BCUT2D eigenvalue weighted by Gasteiger charge is 2.14. The molecule has 29 heavy (non-hydrogen) atoms. The third-order valence-electron chi connectivity index (χ3n) is 5.19. The molecule has 4 heteroatoms. The minimum atomic E-state index is 0. The SMILES string of the molecule is O.[Br-].c1ccc(CCCn2c[n+](CCCc3ccccc3)c3ccccc32)cc1. The number of aryl methyl sites for hydroxylation is 4. The molecule has 152 valence electrons. The summed E-state index contributed by atoms with van der Waals surface area (Å²) in [4.78, 5) is 0. The fourth-order valence-electron chi connectivity index (χ4n) is 3.80. The number of aromatic nitrogens is 2. The largest absolute Gasteiger partial charge is 1.00 e. The second-order valence-electron chi connectivity index (χ2n) is 7.17. The first-order valence-corrected chi connectivity index (χ1v) is 9.95. The van der Waals surface area contributed by atoms with Gasteiger partial charge in [-0.1, -0.05) is 72.8 Å². The molecule has 2 N–H and O–H groups in total. The Bertz CT molecular complexity index is 904. The number of halogens is 1. The standard InChI is InChI=1S/C25H27N2.BrH.H2O/c1-3-11-22(12-4-1)15-9-19-26-21-27(25-18-8-7-17-24(25)26)20-10-16-23-13-5-2-6-14-23;;/h1-8,11-14,17-18,21H,9-10,15-16,19-20H2;1H;1H2/q+1;;/p-1. The van der Waals surface area contributed by atoms with Crippen molar-refractivity contribution in [1.82, 2.24) is 4.57 Å². The number of para-hydroxylation sites is 2. The van der Waals surface area contributed by atoms with Crippen LogP contribution in [-0.2, 0) is 25.9 Å². The lowest BCUT2D eigenvalue weighted by molar-refractivity contribution is -0.672. The van der Waals surface area contributed by atoms with Crippen LogP contribution in [0.5, 0.6) is 0 Å². The highest BCUT2D eigenvalue weighted by Crippen LogP contribution is 2.13. The zero-order valence-corrected chi connectivity index (χ0v) is 18.3. The number of benzene rings is 3. The van der Waals surface area contributed by atoms with E-state index >= 15 is 0 Å². The maximum absolute atomic E-state index is 2.42. The lowest BCUT2D eigenvalue weighted by Gasteiger charge is -2.00. The van der Waals surface area contributed by atoms with E-state index in [9.17, 15) is 0 Å². The van der Waals surface area contributed by atoms with Gasteiger partial charge in [0.25, 0.3) is 0 Å². The van der Waals surface area contributed by atoms with E-state index in [0.29, 0.717) is 0 Å². The summed E-state index contributed by atoms with van der Waals surface area (Å²) in [6.45, 7) is 2.11. The average molecular weight is 453 g/mol. The molecule has 0 atom stereocenters. The molecule has 0 radical (unpaired) electrons. The van der Waals surface area contributed by atoms with Crippen molar-refractivity contribution in [3.8, 4) is 0 Å². The molecule has 0 spiro atoms. The molecule has 0 unspecified atom stereocenters. The Kier molecular flexibility index (Phi) is 9.10. The average Bonchev–Trinajstić information content (AvgIpc) is 3.08. The van der Waals surface area contributed by atoms with Gasteiger partial charge < -0.3 is 22.5 Å². The molecule has 0 amide bonds.